The summed E-state index contributed by atoms with van der Waals surface area (Å²) in [5.74, 6) is 0. The Morgan fingerprint density at radius 1 is 0.279 bits per heavy atom. The number of hydrogen-bond acceptors (Lipinski definition) is 3. The molecule has 0 fully saturated rings. The van der Waals surface area contributed by atoms with Gasteiger partial charge in [0, 0.05) is 39.1 Å². The zero-order valence-corrected chi connectivity index (χ0v) is 33.4. The smallest absolute Gasteiger partial charge is 0.159 e. The normalized spacial score (nSPS) is 11.3. The van der Waals surface area contributed by atoms with E-state index in [9.17, 15) is 0 Å². The van der Waals surface area contributed by atoms with E-state index in [0.29, 0.717) is 0 Å². The van der Waals surface area contributed by atoms with Crippen LogP contribution in [0.15, 0.2) is 247 Å². The van der Waals surface area contributed by atoms with Crippen molar-refractivity contribution >= 4 is 66.8 Å². The Balaban J connectivity index is 1.20. The van der Waals surface area contributed by atoms with Gasteiger partial charge in [-0.2, -0.15) is 0 Å². The van der Waals surface area contributed by atoms with Crippen LogP contribution < -0.4 is 9.80 Å². The van der Waals surface area contributed by atoms with Crippen LogP contribution in [-0.4, -0.2) is 0 Å². The highest BCUT2D eigenvalue weighted by Crippen LogP contribution is 2.49. The summed E-state index contributed by atoms with van der Waals surface area (Å²) < 4.78 is 7.10. The Kier molecular flexibility index (Phi) is 9.18. The molecule has 10 aromatic carbocycles. The fourth-order valence-electron chi connectivity index (χ4n) is 8.66. The number of benzene rings is 10. The monoisotopic (exact) mass is 780 g/mol. The highest BCUT2D eigenvalue weighted by atomic mass is 16.3. The van der Waals surface area contributed by atoms with Gasteiger partial charge in [0.05, 0.1) is 11.4 Å². The average molecular weight is 781 g/mol. The molecule has 61 heavy (non-hydrogen) atoms. The van der Waals surface area contributed by atoms with E-state index in [-0.39, 0.29) is 0 Å². The summed E-state index contributed by atoms with van der Waals surface area (Å²) in [6, 6.07) is 86.5. The SMILES string of the molecule is c1ccc(-c2ccc(N(c3ccccc3)c3cc(N(c4ccc(-c5ccccc5)cc4)c4ccccc4-c4ccccc4)c4oc5cc6ccccc6cc5c4c3)cc2)cc1. The van der Waals surface area contributed by atoms with Crippen LogP contribution in [0, 0.1) is 0 Å². The third kappa shape index (κ3) is 6.78. The molecule has 0 aliphatic rings. The van der Waals surface area contributed by atoms with Crippen molar-refractivity contribution in [3.05, 3.63) is 243 Å². The molecule has 0 saturated heterocycles. The van der Waals surface area contributed by atoms with Gasteiger partial charge >= 0.3 is 0 Å². The van der Waals surface area contributed by atoms with Gasteiger partial charge in [-0.1, -0.05) is 176 Å². The molecule has 0 unspecified atom stereocenters. The molecule has 3 nitrogen and oxygen atoms in total. The van der Waals surface area contributed by atoms with E-state index >= 15 is 0 Å². The van der Waals surface area contributed by atoms with Crippen LogP contribution in [0.3, 0.4) is 0 Å². The molecule has 0 saturated carbocycles. The van der Waals surface area contributed by atoms with E-state index in [1.807, 2.05) is 0 Å². The zero-order chi connectivity index (χ0) is 40.5. The predicted octanol–water partition coefficient (Wildman–Crippen LogP) is 16.7. The highest BCUT2D eigenvalue weighted by Gasteiger charge is 2.25. The van der Waals surface area contributed by atoms with Crippen molar-refractivity contribution in [1.82, 2.24) is 0 Å². The summed E-state index contributed by atoms with van der Waals surface area (Å²) >= 11 is 0. The fourth-order valence-corrected chi connectivity index (χ4v) is 8.66. The van der Waals surface area contributed by atoms with E-state index < -0.39 is 0 Å². The van der Waals surface area contributed by atoms with Crippen LogP contribution >= 0.6 is 0 Å². The van der Waals surface area contributed by atoms with Gasteiger partial charge in [0.1, 0.15) is 5.58 Å². The third-order valence-corrected chi connectivity index (χ3v) is 11.6. The first-order valence-corrected chi connectivity index (χ1v) is 20.7. The average Bonchev–Trinajstić information content (AvgIpc) is 3.70. The van der Waals surface area contributed by atoms with E-state index in [1.165, 1.54) is 22.1 Å². The summed E-state index contributed by atoms with van der Waals surface area (Å²) in [5, 5.41) is 4.42. The van der Waals surface area contributed by atoms with Crippen LogP contribution in [0.4, 0.5) is 34.1 Å². The molecule has 1 aromatic heterocycles. The minimum atomic E-state index is 0.816. The van der Waals surface area contributed by atoms with E-state index in [1.54, 1.807) is 0 Å². The standard InChI is InChI=1S/C58H40N2O/c1-5-17-41(18-6-1)43-29-33-49(34-30-43)59(48-25-11-4-12-26-48)51-39-54-53-37-46-23-13-14-24-47(46)38-57(53)61-58(54)56(40-51)60(50-35-31-44(32-36-50)42-19-7-2-8-20-42)55-28-16-15-27-52(55)45-21-9-3-10-22-45/h1-40H. The predicted molar refractivity (Wildman–Crippen MR) is 257 cm³/mol. The lowest BCUT2D eigenvalue weighted by molar-refractivity contribution is 0.669. The largest absolute Gasteiger partial charge is 0.454 e. The molecular formula is C58H40N2O. The van der Waals surface area contributed by atoms with Gasteiger partial charge in [-0.3, -0.25) is 0 Å². The van der Waals surface area contributed by atoms with Gasteiger partial charge in [-0.15, -0.1) is 0 Å². The molecular weight excluding hydrogens is 741 g/mol. The molecule has 0 spiro atoms. The van der Waals surface area contributed by atoms with Crippen LogP contribution in [0.25, 0.3) is 66.1 Å². The lowest BCUT2D eigenvalue weighted by Crippen LogP contribution is -2.14. The van der Waals surface area contributed by atoms with E-state index in [0.717, 1.165) is 78.1 Å². The summed E-state index contributed by atoms with van der Waals surface area (Å²) in [4.78, 5) is 4.74. The van der Waals surface area contributed by atoms with Gasteiger partial charge in [0.25, 0.3) is 0 Å². The Morgan fingerprint density at radius 2 is 0.738 bits per heavy atom. The first kappa shape index (κ1) is 36.0. The number of hydrogen-bond donors (Lipinski definition) is 0. The number of fused-ring (bicyclic) bond motifs is 4. The quantitative estimate of drug-likeness (QED) is 0.145. The van der Waals surface area contributed by atoms with Gasteiger partial charge < -0.3 is 14.2 Å². The first-order chi connectivity index (χ1) is 30.2. The van der Waals surface area contributed by atoms with Crippen molar-refractivity contribution < 1.29 is 4.42 Å². The minimum absolute atomic E-state index is 0.816. The molecule has 0 aliphatic carbocycles. The molecule has 1 heterocycles. The number of nitrogens with zero attached hydrogens (tertiary/aromatic N) is 2. The Morgan fingerprint density at radius 3 is 1.34 bits per heavy atom. The van der Waals surface area contributed by atoms with E-state index in [2.05, 4.69) is 252 Å². The van der Waals surface area contributed by atoms with Crippen LogP contribution in [0.1, 0.15) is 0 Å². The molecule has 0 N–H and O–H groups in total. The van der Waals surface area contributed by atoms with Crippen molar-refractivity contribution in [1.29, 1.82) is 0 Å². The highest BCUT2D eigenvalue weighted by molar-refractivity contribution is 6.15. The maximum atomic E-state index is 7.10. The van der Waals surface area contributed by atoms with Crippen LogP contribution in [0.2, 0.25) is 0 Å². The van der Waals surface area contributed by atoms with Crippen LogP contribution in [-0.2, 0) is 0 Å². The molecule has 0 bridgehead atoms. The summed E-state index contributed by atoms with van der Waals surface area (Å²) in [5.41, 5.74) is 14.7. The number of para-hydroxylation sites is 2. The topological polar surface area (TPSA) is 19.6 Å². The lowest BCUT2D eigenvalue weighted by atomic mass is 10.00. The lowest BCUT2D eigenvalue weighted by Gasteiger charge is -2.31. The van der Waals surface area contributed by atoms with Gasteiger partial charge in [-0.05, 0) is 105 Å². The van der Waals surface area contributed by atoms with Crippen molar-refractivity contribution in [2.75, 3.05) is 9.80 Å². The van der Waals surface area contributed by atoms with Gasteiger partial charge in [-0.25, -0.2) is 0 Å². The van der Waals surface area contributed by atoms with Gasteiger partial charge in [0.15, 0.2) is 5.58 Å². The Labute approximate surface area is 355 Å². The molecule has 288 valence electrons. The fraction of sp³-hybridized carbons (Fsp3) is 0. The number of rotatable bonds is 9. The van der Waals surface area contributed by atoms with Crippen molar-refractivity contribution in [2.45, 2.75) is 0 Å². The van der Waals surface area contributed by atoms with Crippen molar-refractivity contribution in [2.24, 2.45) is 0 Å². The maximum absolute atomic E-state index is 7.10. The van der Waals surface area contributed by atoms with Crippen molar-refractivity contribution in [3.8, 4) is 33.4 Å². The summed E-state index contributed by atoms with van der Waals surface area (Å²) in [6.45, 7) is 0. The molecule has 3 heteroatoms. The second-order valence-corrected chi connectivity index (χ2v) is 15.4. The Bertz CT molecular complexity index is 3270. The molecule has 0 aliphatic heterocycles. The van der Waals surface area contributed by atoms with E-state index in [4.69, 9.17) is 4.42 Å². The number of furan rings is 1. The van der Waals surface area contributed by atoms with Crippen LogP contribution in [0.5, 0.6) is 0 Å². The Hall–Kier alpha value is -8.14. The summed E-state index contributed by atoms with van der Waals surface area (Å²) in [7, 11) is 0. The van der Waals surface area contributed by atoms with Crippen molar-refractivity contribution in [3.63, 3.8) is 0 Å². The second kappa shape index (κ2) is 15.6. The number of anilines is 6. The second-order valence-electron chi connectivity index (χ2n) is 15.4. The third-order valence-electron chi connectivity index (χ3n) is 11.6. The minimum Gasteiger partial charge on any atom is -0.454 e. The summed E-state index contributed by atoms with van der Waals surface area (Å²) in [6.07, 6.45) is 0. The molecule has 0 amide bonds. The zero-order valence-electron chi connectivity index (χ0n) is 33.4. The molecule has 11 aromatic rings. The molecule has 11 rings (SSSR count). The molecule has 0 atom stereocenters. The maximum Gasteiger partial charge on any atom is 0.159 e. The molecule has 0 radical (unpaired) electrons. The first-order valence-electron chi connectivity index (χ1n) is 20.7. The van der Waals surface area contributed by atoms with Gasteiger partial charge in [0.2, 0.25) is 0 Å².